The molecule has 0 unspecified atom stereocenters. The highest BCUT2D eigenvalue weighted by atomic mass is 16.5. The van der Waals surface area contributed by atoms with E-state index in [2.05, 4.69) is 9.97 Å². The first-order valence-corrected chi connectivity index (χ1v) is 4.74. The number of rotatable bonds is 3. The fourth-order valence-electron chi connectivity index (χ4n) is 1.59. The number of H-pyrrole nitrogens is 1. The molecule has 0 aliphatic carbocycles. The van der Waals surface area contributed by atoms with Crippen LogP contribution in [0.15, 0.2) is 12.1 Å². The number of hydrogen-bond donors (Lipinski definition) is 1. The summed E-state index contributed by atoms with van der Waals surface area (Å²) in [4.78, 5) is 17.7. The van der Waals surface area contributed by atoms with E-state index < -0.39 is 0 Å². The van der Waals surface area contributed by atoms with Crippen molar-refractivity contribution in [2.24, 2.45) is 0 Å². The molecule has 2 rings (SSSR count). The van der Waals surface area contributed by atoms with Crippen molar-refractivity contribution in [3.8, 4) is 5.75 Å². The van der Waals surface area contributed by atoms with E-state index >= 15 is 0 Å². The normalized spacial score (nSPS) is 10.5. The summed E-state index contributed by atoms with van der Waals surface area (Å²) in [7, 11) is 0. The third-order valence-corrected chi connectivity index (χ3v) is 2.19. The Balaban J connectivity index is 2.46. The van der Waals surface area contributed by atoms with Gasteiger partial charge < -0.3 is 9.72 Å². The summed E-state index contributed by atoms with van der Waals surface area (Å²) in [6, 6.07) is 3.73. The van der Waals surface area contributed by atoms with Crippen LogP contribution in [0, 0.1) is 13.8 Å². The Morgan fingerprint density at radius 1 is 1.47 bits per heavy atom. The molecule has 78 valence electrons. The molecule has 0 aliphatic heterocycles. The molecule has 1 aromatic carbocycles. The van der Waals surface area contributed by atoms with Crippen molar-refractivity contribution < 1.29 is 9.53 Å². The molecule has 1 heterocycles. The number of fused-ring (bicyclic) bond motifs is 1. The van der Waals surface area contributed by atoms with Crippen molar-refractivity contribution in [2.45, 2.75) is 13.8 Å². The van der Waals surface area contributed by atoms with E-state index in [1.165, 1.54) is 0 Å². The molecule has 0 saturated carbocycles. The Morgan fingerprint density at radius 3 is 3.00 bits per heavy atom. The highest BCUT2D eigenvalue weighted by Crippen LogP contribution is 2.22. The first-order chi connectivity index (χ1) is 7.20. The Kier molecular flexibility index (Phi) is 2.41. The Morgan fingerprint density at radius 2 is 2.27 bits per heavy atom. The predicted octanol–water partition coefficient (Wildman–Crippen LogP) is 1.76. The molecule has 4 nitrogen and oxygen atoms in total. The number of imidazole rings is 1. The number of aryl methyl sites for hydroxylation is 2. The number of hydrogen-bond acceptors (Lipinski definition) is 3. The van der Waals surface area contributed by atoms with Gasteiger partial charge in [-0.05, 0) is 25.5 Å². The minimum Gasteiger partial charge on any atom is -0.486 e. The summed E-state index contributed by atoms with van der Waals surface area (Å²) >= 11 is 0. The summed E-state index contributed by atoms with van der Waals surface area (Å²) in [5, 5.41) is 0. The molecule has 0 radical (unpaired) electrons. The van der Waals surface area contributed by atoms with Crippen LogP contribution in [0.3, 0.4) is 0 Å². The zero-order valence-electron chi connectivity index (χ0n) is 8.70. The van der Waals surface area contributed by atoms with E-state index in [9.17, 15) is 4.79 Å². The molecule has 0 aliphatic rings. The lowest BCUT2D eigenvalue weighted by Crippen LogP contribution is -1.97. The number of aldehydes is 1. The number of aromatic nitrogens is 2. The fraction of sp³-hybridized carbons (Fsp3) is 0.273. The van der Waals surface area contributed by atoms with E-state index in [-0.39, 0.29) is 6.61 Å². The lowest BCUT2D eigenvalue weighted by molar-refractivity contribution is -0.109. The van der Waals surface area contributed by atoms with Crippen molar-refractivity contribution >= 4 is 17.3 Å². The van der Waals surface area contributed by atoms with E-state index in [1.54, 1.807) is 0 Å². The van der Waals surface area contributed by atoms with Gasteiger partial charge in [0.1, 0.15) is 18.2 Å². The van der Waals surface area contributed by atoms with Crippen LogP contribution in [-0.2, 0) is 4.79 Å². The van der Waals surface area contributed by atoms with Gasteiger partial charge in [-0.25, -0.2) is 4.98 Å². The van der Waals surface area contributed by atoms with Gasteiger partial charge in [-0.1, -0.05) is 0 Å². The molecular weight excluding hydrogens is 192 g/mol. The lowest BCUT2D eigenvalue weighted by Gasteiger charge is -2.03. The average Bonchev–Trinajstić information content (AvgIpc) is 2.56. The number of nitrogens with one attached hydrogen (secondary N) is 1. The van der Waals surface area contributed by atoms with E-state index in [1.807, 2.05) is 26.0 Å². The maximum atomic E-state index is 10.2. The van der Waals surface area contributed by atoms with Crippen LogP contribution in [0.1, 0.15) is 11.4 Å². The molecule has 0 fully saturated rings. The number of aromatic amines is 1. The summed E-state index contributed by atoms with van der Waals surface area (Å²) in [6.07, 6.45) is 0.734. The lowest BCUT2D eigenvalue weighted by atomic mass is 10.2. The molecule has 4 heteroatoms. The van der Waals surface area contributed by atoms with Crippen molar-refractivity contribution in [3.05, 3.63) is 23.5 Å². The van der Waals surface area contributed by atoms with Gasteiger partial charge in [-0.15, -0.1) is 0 Å². The zero-order chi connectivity index (χ0) is 10.8. The zero-order valence-corrected chi connectivity index (χ0v) is 8.70. The van der Waals surface area contributed by atoms with Gasteiger partial charge >= 0.3 is 0 Å². The second-order valence-corrected chi connectivity index (χ2v) is 3.44. The Labute approximate surface area is 87.3 Å². The molecule has 0 spiro atoms. The van der Waals surface area contributed by atoms with Crippen LogP contribution < -0.4 is 4.74 Å². The Bertz CT molecular complexity index is 503. The maximum Gasteiger partial charge on any atom is 0.157 e. The third-order valence-electron chi connectivity index (χ3n) is 2.19. The van der Waals surface area contributed by atoms with Crippen molar-refractivity contribution in [3.63, 3.8) is 0 Å². The monoisotopic (exact) mass is 204 g/mol. The molecule has 0 saturated heterocycles. The highest BCUT2D eigenvalue weighted by Gasteiger charge is 2.05. The molecule has 0 amide bonds. The van der Waals surface area contributed by atoms with Gasteiger partial charge in [0.15, 0.2) is 6.29 Å². The molecule has 0 atom stereocenters. The minimum atomic E-state index is 0.0814. The summed E-state index contributed by atoms with van der Waals surface area (Å²) < 4.78 is 5.24. The number of carbonyl (C=O) groups is 1. The van der Waals surface area contributed by atoms with Crippen LogP contribution in [0.25, 0.3) is 11.0 Å². The van der Waals surface area contributed by atoms with Crippen LogP contribution in [0.2, 0.25) is 0 Å². The quantitative estimate of drug-likeness (QED) is 0.775. The first-order valence-electron chi connectivity index (χ1n) is 4.74. The van der Waals surface area contributed by atoms with Crippen LogP contribution in [0.5, 0.6) is 5.75 Å². The predicted molar refractivity (Wildman–Crippen MR) is 57.1 cm³/mol. The van der Waals surface area contributed by atoms with Gasteiger partial charge in [0.25, 0.3) is 0 Å². The average molecular weight is 204 g/mol. The second kappa shape index (κ2) is 3.73. The topological polar surface area (TPSA) is 55.0 Å². The molecule has 2 aromatic rings. The molecular formula is C11H12N2O2. The largest absolute Gasteiger partial charge is 0.486 e. The standard InChI is InChI=1S/C11H12N2O2/c1-7-5-9(15-4-3-14)6-10-11(7)13-8(2)12-10/h3,5-6H,4H2,1-2H3,(H,12,13). The van der Waals surface area contributed by atoms with Gasteiger partial charge in [0, 0.05) is 6.07 Å². The van der Waals surface area contributed by atoms with Crippen LogP contribution in [-0.4, -0.2) is 22.9 Å². The smallest absolute Gasteiger partial charge is 0.157 e. The van der Waals surface area contributed by atoms with Crippen molar-refractivity contribution in [1.29, 1.82) is 0 Å². The Hall–Kier alpha value is -1.84. The number of carbonyl (C=O) groups excluding carboxylic acids is 1. The van der Waals surface area contributed by atoms with Gasteiger partial charge in [-0.2, -0.15) is 0 Å². The summed E-state index contributed by atoms with van der Waals surface area (Å²) in [6.45, 7) is 3.96. The molecule has 15 heavy (non-hydrogen) atoms. The maximum absolute atomic E-state index is 10.2. The molecule has 1 N–H and O–H groups in total. The van der Waals surface area contributed by atoms with Gasteiger partial charge in [0.05, 0.1) is 11.0 Å². The number of benzene rings is 1. The molecule has 1 aromatic heterocycles. The number of ether oxygens (including phenoxy) is 1. The summed E-state index contributed by atoms with van der Waals surface area (Å²) in [5.74, 6) is 1.57. The van der Waals surface area contributed by atoms with E-state index in [0.29, 0.717) is 5.75 Å². The van der Waals surface area contributed by atoms with Crippen LogP contribution >= 0.6 is 0 Å². The molecule has 0 bridgehead atoms. The van der Waals surface area contributed by atoms with E-state index in [0.717, 1.165) is 28.7 Å². The first kappa shape index (κ1) is 9.71. The third kappa shape index (κ3) is 1.83. The van der Waals surface area contributed by atoms with Gasteiger partial charge in [0.2, 0.25) is 0 Å². The summed E-state index contributed by atoms with van der Waals surface area (Å²) in [5.41, 5.74) is 2.93. The fourth-order valence-corrected chi connectivity index (χ4v) is 1.59. The highest BCUT2D eigenvalue weighted by molar-refractivity contribution is 5.80. The second-order valence-electron chi connectivity index (χ2n) is 3.44. The van der Waals surface area contributed by atoms with Crippen molar-refractivity contribution in [2.75, 3.05) is 6.61 Å². The minimum absolute atomic E-state index is 0.0814. The van der Waals surface area contributed by atoms with Gasteiger partial charge in [-0.3, -0.25) is 4.79 Å². The van der Waals surface area contributed by atoms with Crippen molar-refractivity contribution in [1.82, 2.24) is 9.97 Å². The van der Waals surface area contributed by atoms with Crippen LogP contribution in [0.4, 0.5) is 0 Å². The van der Waals surface area contributed by atoms with E-state index in [4.69, 9.17) is 4.74 Å². The number of nitrogens with zero attached hydrogens (tertiary/aromatic N) is 1. The SMILES string of the molecule is Cc1nc2c(C)cc(OCC=O)cc2[nH]1.